The van der Waals surface area contributed by atoms with E-state index in [4.69, 9.17) is 0 Å². The fraction of sp³-hybridized carbons (Fsp3) is 0.0588. The molecule has 110 valence electrons. The lowest BCUT2D eigenvalue weighted by Crippen LogP contribution is -1.91. The molecule has 1 heterocycles. The number of thiazole rings is 1. The van der Waals surface area contributed by atoms with Crippen molar-refractivity contribution in [3.8, 4) is 11.3 Å². The van der Waals surface area contributed by atoms with E-state index >= 15 is 0 Å². The van der Waals surface area contributed by atoms with Crippen LogP contribution >= 0.6 is 11.3 Å². The summed E-state index contributed by atoms with van der Waals surface area (Å²) in [7, 11) is 0. The zero-order valence-corrected chi connectivity index (χ0v) is 12.8. The molecular formula is C17H14FN3S. The molecule has 0 fully saturated rings. The minimum atomic E-state index is -0.211. The lowest BCUT2D eigenvalue weighted by atomic mass is 10.1. The van der Waals surface area contributed by atoms with Crippen LogP contribution in [0.2, 0.25) is 0 Å². The first-order chi connectivity index (χ1) is 10.7. The summed E-state index contributed by atoms with van der Waals surface area (Å²) < 4.78 is 13.2. The number of aryl methyl sites for hydroxylation is 1. The highest BCUT2D eigenvalue weighted by Gasteiger charge is 2.03. The number of nitrogens with zero attached hydrogens (tertiary/aromatic N) is 2. The molecule has 2 aromatic carbocycles. The molecule has 0 unspecified atom stereocenters. The number of benzene rings is 2. The number of nitrogens with one attached hydrogen (secondary N) is 1. The molecule has 0 atom stereocenters. The van der Waals surface area contributed by atoms with Crippen molar-refractivity contribution in [2.75, 3.05) is 5.43 Å². The molecule has 0 saturated carbocycles. The number of hydrogen-bond acceptors (Lipinski definition) is 4. The van der Waals surface area contributed by atoms with E-state index in [0.29, 0.717) is 10.7 Å². The maximum Gasteiger partial charge on any atom is 0.203 e. The predicted octanol–water partition coefficient (Wildman–Crippen LogP) is 4.70. The Labute approximate surface area is 132 Å². The molecule has 0 amide bonds. The molecular weight excluding hydrogens is 297 g/mol. The van der Waals surface area contributed by atoms with Gasteiger partial charge in [0.05, 0.1) is 11.9 Å². The van der Waals surface area contributed by atoms with Gasteiger partial charge in [-0.2, -0.15) is 5.10 Å². The zero-order valence-electron chi connectivity index (χ0n) is 12.0. The summed E-state index contributed by atoms with van der Waals surface area (Å²) in [5, 5.41) is 6.84. The number of aromatic nitrogens is 1. The van der Waals surface area contributed by atoms with Crippen LogP contribution in [0, 0.1) is 12.7 Å². The van der Waals surface area contributed by atoms with E-state index in [0.717, 1.165) is 16.8 Å². The molecule has 0 aliphatic rings. The van der Waals surface area contributed by atoms with Crippen LogP contribution in [0.15, 0.2) is 59.0 Å². The maximum absolute atomic E-state index is 13.2. The minimum absolute atomic E-state index is 0.211. The van der Waals surface area contributed by atoms with Crippen LogP contribution in [0.3, 0.4) is 0 Å². The van der Waals surface area contributed by atoms with Crippen LogP contribution in [0.25, 0.3) is 11.3 Å². The quantitative estimate of drug-likeness (QED) is 0.560. The SMILES string of the molecule is Cc1cc(C=NNc2nc(-c3ccccc3)cs2)ccc1F. The van der Waals surface area contributed by atoms with E-state index in [1.807, 2.05) is 35.7 Å². The van der Waals surface area contributed by atoms with E-state index in [2.05, 4.69) is 15.5 Å². The van der Waals surface area contributed by atoms with Crippen LogP contribution < -0.4 is 5.43 Å². The van der Waals surface area contributed by atoms with Crippen molar-refractivity contribution in [2.24, 2.45) is 5.10 Å². The Kier molecular flexibility index (Phi) is 4.25. The van der Waals surface area contributed by atoms with E-state index < -0.39 is 0 Å². The number of hydrogen-bond donors (Lipinski definition) is 1. The second-order valence-electron chi connectivity index (χ2n) is 4.78. The molecule has 0 radical (unpaired) electrons. The third-order valence-corrected chi connectivity index (χ3v) is 3.88. The Hall–Kier alpha value is -2.53. The van der Waals surface area contributed by atoms with Gasteiger partial charge < -0.3 is 0 Å². The number of halogens is 1. The lowest BCUT2D eigenvalue weighted by Gasteiger charge is -1.98. The van der Waals surface area contributed by atoms with Crippen molar-refractivity contribution in [1.29, 1.82) is 0 Å². The van der Waals surface area contributed by atoms with Crippen LogP contribution in [-0.2, 0) is 0 Å². The minimum Gasteiger partial charge on any atom is -0.253 e. The molecule has 0 aliphatic carbocycles. The number of anilines is 1. The van der Waals surface area contributed by atoms with Crippen LogP contribution in [0.1, 0.15) is 11.1 Å². The Morgan fingerprint density at radius 3 is 2.77 bits per heavy atom. The second-order valence-corrected chi connectivity index (χ2v) is 5.64. The lowest BCUT2D eigenvalue weighted by molar-refractivity contribution is 0.618. The van der Waals surface area contributed by atoms with E-state index in [9.17, 15) is 4.39 Å². The molecule has 22 heavy (non-hydrogen) atoms. The van der Waals surface area contributed by atoms with Gasteiger partial charge in [-0.15, -0.1) is 11.3 Å². The highest BCUT2D eigenvalue weighted by Crippen LogP contribution is 2.24. The van der Waals surface area contributed by atoms with Gasteiger partial charge >= 0.3 is 0 Å². The molecule has 1 aromatic heterocycles. The molecule has 0 aliphatic heterocycles. The van der Waals surface area contributed by atoms with Crippen LogP contribution in [0.4, 0.5) is 9.52 Å². The van der Waals surface area contributed by atoms with Gasteiger partial charge in [-0.3, -0.25) is 5.43 Å². The topological polar surface area (TPSA) is 37.3 Å². The smallest absolute Gasteiger partial charge is 0.203 e. The van der Waals surface area contributed by atoms with Crippen molar-refractivity contribution in [3.05, 3.63) is 70.9 Å². The monoisotopic (exact) mass is 311 g/mol. The molecule has 3 aromatic rings. The van der Waals surface area contributed by atoms with Gasteiger partial charge in [0.1, 0.15) is 5.82 Å². The molecule has 3 nitrogen and oxygen atoms in total. The number of hydrazone groups is 1. The summed E-state index contributed by atoms with van der Waals surface area (Å²) in [6, 6.07) is 14.8. The zero-order chi connectivity index (χ0) is 15.4. The first-order valence-corrected chi connectivity index (χ1v) is 7.66. The predicted molar refractivity (Wildman–Crippen MR) is 89.9 cm³/mol. The molecule has 1 N–H and O–H groups in total. The second kappa shape index (κ2) is 6.49. The number of rotatable bonds is 4. The summed E-state index contributed by atoms with van der Waals surface area (Å²) >= 11 is 1.49. The van der Waals surface area contributed by atoms with Gasteiger partial charge in [-0.05, 0) is 30.2 Å². The average Bonchev–Trinajstić information content (AvgIpc) is 3.01. The van der Waals surface area contributed by atoms with Gasteiger partial charge in [-0.1, -0.05) is 36.4 Å². The fourth-order valence-corrected chi connectivity index (χ4v) is 2.65. The Bertz CT molecular complexity index is 797. The Morgan fingerprint density at radius 1 is 1.18 bits per heavy atom. The van der Waals surface area contributed by atoms with Crippen LogP contribution in [0.5, 0.6) is 0 Å². The van der Waals surface area contributed by atoms with Crippen molar-refractivity contribution < 1.29 is 4.39 Å². The maximum atomic E-state index is 13.2. The Morgan fingerprint density at radius 2 is 2.00 bits per heavy atom. The van der Waals surface area contributed by atoms with Gasteiger partial charge in [0.15, 0.2) is 0 Å². The summed E-state index contributed by atoms with van der Waals surface area (Å²) in [6.45, 7) is 1.73. The molecule has 0 saturated heterocycles. The fourth-order valence-electron chi connectivity index (χ4n) is 1.98. The highest BCUT2D eigenvalue weighted by atomic mass is 32.1. The largest absolute Gasteiger partial charge is 0.253 e. The third kappa shape index (κ3) is 3.38. The van der Waals surface area contributed by atoms with Crippen molar-refractivity contribution in [2.45, 2.75) is 6.92 Å². The van der Waals surface area contributed by atoms with Crippen molar-refractivity contribution in [3.63, 3.8) is 0 Å². The van der Waals surface area contributed by atoms with E-state index in [-0.39, 0.29) is 5.82 Å². The standard InChI is InChI=1S/C17H14FN3S/c1-12-9-13(7-8-15(12)18)10-19-21-17-20-16(11-22-17)14-5-3-2-4-6-14/h2-11H,1H3,(H,20,21). The van der Waals surface area contributed by atoms with Crippen molar-refractivity contribution >= 4 is 22.7 Å². The highest BCUT2D eigenvalue weighted by molar-refractivity contribution is 7.14. The van der Waals surface area contributed by atoms with Crippen LogP contribution in [-0.4, -0.2) is 11.2 Å². The van der Waals surface area contributed by atoms with E-state index in [1.54, 1.807) is 25.3 Å². The Balaban J connectivity index is 1.68. The first-order valence-electron chi connectivity index (χ1n) is 6.78. The molecule has 3 rings (SSSR count). The summed E-state index contributed by atoms with van der Waals surface area (Å²) in [5.74, 6) is -0.211. The molecule has 0 bridgehead atoms. The van der Waals surface area contributed by atoms with Gasteiger partial charge in [0, 0.05) is 10.9 Å². The normalized spacial score (nSPS) is 11.0. The molecule has 5 heteroatoms. The average molecular weight is 311 g/mol. The first kappa shape index (κ1) is 14.4. The summed E-state index contributed by atoms with van der Waals surface area (Å²) in [4.78, 5) is 4.48. The van der Waals surface area contributed by atoms with Gasteiger partial charge in [-0.25, -0.2) is 9.37 Å². The van der Waals surface area contributed by atoms with Gasteiger partial charge in [0.25, 0.3) is 0 Å². The summed E-state index contributed by atoms with van der Waals surface area (Å²) in [6.07, 6.45) is 1.65. The summed E-state index contributed by atoms with van der Waals surface area (Å²) in [5.41, 5.74) is 6.33. The molecule has 0 spiro atoms. The van der Waals surface area contributed by atoms with Gasteiger partial charge in [0.2, 0.25) is 5.13 Å². The van der Waals surface area contributed by atoms with Crippen molar-refractivity contribution in [1.82, 2.24) is 4.98 Å². The van der Waals surface area contributed by atoms with E-state index in [1.165, 1.54) is 17.4 Å². The third-order valence-electron chi connectivity index (χ3n) is 3.13.